The molecule has 102 valence electrons. The number of amides is 1. The van der Waals surface area contributed by atoms with Crippen LogP contribution in [0.15, 0.2) is 24.3 Å². The van der Waals surface area contributed by atoms with Gasteiger partial charge in [-0.15, -0.1) is 0 Å². The molecule has 1 aromatic carbocycles. The predicted octanol–water partition coefficient (Wildman–Crippen LogP) is 2.86. The number of carbonyl (C=O) groups is 2. The molecule has 1 aliphatic rings. The van der Waals surface area contributed by atoms with Crippen molar-refractivity contribution in [3.63, 3.8) is 0 Å². The zero-order valence-electron chi connectivity index (χ0n) is 10.6. The molecule has 0 aliphatic carbocycles. The Morgan fingerprint density at radius 2 is 1.84 bits per heavy atom. The molecule has 0 saturated carbocycles. The van der Waals surface area contributed by atoms with Crippen LogP contribution < -0.4 is 5.32 Å². The van der Waals surface area contributed by atoms with Crippen molar-refractivity contribution in [1.29, 1.82) is 0 Å². The number of rotatable bonds is 4. The van der Waals surface area contributed by atoms with Crippen LogP contribution in [0.2, 0.25) is 0 Å². The van der Waals surface area contributed by atoms with Gasteiger partial charge in [-0.1, -0.05) is 0 Å². The van der Waals surface area contributed by atoms with Crippen molar-refractivity contribution < 1.29 is 14.7 Å². The average molecular weight is 279 g/mol. The summed E-state index contributed by atoms with van der Waals surface area (Å²) in [7, 11) is 0. The van der Waals surface area contributed by atoms with Crippen LogP contribution in [0.4, 0.5) is 5.69 Å². The third-order valence-electron chi connectivity index (χ3n) is 3.23. The first-order valence-electron chi connectivity index (χ1n) is 6.36. The second-order valence-electron chi connectivity index (χ2n) is 4.69. The minimum atomic E-state index is -0.961. The zero-order chi connectivity index (χ0) is 13.7. The van der Waals surface area contributed by atoms with Crippen LogP contribution in [0, 0.1) is 5.92 Å². The van der Waals surface area contributed by atoms with Crippen LogP contribution >= 0.6 is 11.8 Å². The van der Waals surface area contributed by atoms with Crippen LogP contribution in [0.1, 0.15) is 29.6 Å². The first-order valence-corrected chi connectivity index (χ1v) is 7.51. The Morgan fingerprint density at radius 3 is 2.42 bits per heavy atom. The largest absolute Gasteiger partial charge is 0.478 e. The lowest BCUT2D eigenvalue weighted by atomic mass is 9.98. The minimum Gasteiger partial charge on any atom is -0.478 e. The fourth-order valence-corrected chi connectivity index (χ4v) is 3.32. The summed E-state index contributed by atoms with van der Waals surface area (Å²) in [6, 6.07) is 6.24. The number of carboxylic acid groups (broad SMARTS) is 1. The van der Waals surface area contributed by atoms with Crippen LogP contribution in [0.25, 0.3) is 0 Å². The summed E-state index contributed by atoms with van der Waals surface area (Å²) in [5, 5.41) is 11.6. The zero-order valence-corrected chi connectivity index (χ0v) is 11.4. The van der Waals surface area contributed by atoms with E-state index >= 15 is 0 Å². The number of carbonyl (C=O) groups excluding carboxylic acids is 1. The lowest BCUT2D eigenvalue weighted by Gasteiger charge is -2.20. The third-order valence-corrected chi connectivity index (χ3v) is 4.28. The second-order valence-corrected chi connectivity index (χ2v) is 5.92. The Balaban J connectivity index is 1.85. The van der Waals surface area contributed by atoms with Crippen molar-refractivity contribution in [3.05, 3.63) is 29.8 Å². The van der Waals surface area contributed by atoms with E-state index in [1.165, 1.54) is 12.1 Å². The number of carboxylic acids is 1. The first kappa shape index (κ1) is 13.9. The molecule has 1 heterocycles. The second kappa shape index (κ2) is 6.61. The van der Waals surface area contributed by atoms with Gasteiger partial charge in [0.15, 0.2) is 0 Å². The van der Waals surface area contributed by atoms with Crippen molar-refractivity contribution in [1.82, 2.24) is 0 Å². The van der Waals surface area contributed by atoms with Gasteiger partial charge in [0, 0.05) is 12.1 Å². The number of anilines is 1. The van der Waals surface area contributed by atoms with E-state index in [1.54, 1.807) is 12.1 Å². The SMILES string of the molecule is O=C(CC1CCSCC1)Nc1ccc(C(=O)O)cc1. The molecule has 4 nitrogen and oxygen atoms in total. The molecule has 1 saturated heterocycles. The van der Waals surface area contributed by atoms with Gasteiger partial charge >= 0.3 is 5.97 Å². The topological polar surface area (TPSA) is 66.4 Å². The highest BCUT2D eigenvalue weighted by molar-refractivity contribution is 7.99. The number of hydrogen-bond donors (Lipinski definition) is 2. The summed E-state index contributed by atoms with van der Waals surface area (Å²) in [5.74, 6) is 1.83. The molecule has 2 rings (SSSR count). The van der Waals surface area contributed by atoms with Crippen molar-refractivity contribution in [3.8, 4) is 0 Å². The fraction of sp³-hybridized carbons (Fsp3) is 0.429. The molecular weight excluding hydrogens is 262 g/mol. The van der Waals surface area contributed by atoms with Gasteiger partial charge < -0.3 is 10.4 Å². The molecule has 0 unspecified atom stereocenters. The van der Waals surface area contributed by atoms with Gasteiger partial charge in [-0.2, -0.15) is 11.8 Å². The quantitative estimate of drug-likeness (QED) is 0.889. The van der Waals surface area contributed by atoms with Crippen LogP contribution in [-0.2, 0) is 4.79 Å². The number of hydrogen-bond acceptors (Lipinski definition) is 3. The summed E-state index contributed by atoms with van der Waals surface area (Å²) < 4.78 is 0. The lowest BCUT2D eigenvalue weighted by Crippen LogP contribution is -2.19. The summed E-state index contributed by atoms with van der Waals surface area (Å²) in [6.07, 6.45) is 2.77. The Morgan fingerprint density at radius 1 is 1.21 bits per heavy atom. The summed E-state index contributed by atoms with van der Waals surface area (Å²) in [5.41, 5.74) is 0.877. The number of benzene rings is 1. The molecule has 0 radical (unpaired) electrons. The van der Waals surface area contributed by atoms with Gasteiger partial charge in [-0.05, 0) is 54.5 Å². The first-order chi connectivity index (χ1) is 9.15. The third kappa shape index (κ3) is 4.28. The normalized spacial score (nSPS) is 16.0. The number of aromatic carboxylic acids is 1. The van der Waals surface area contributed by atoms with E-state index in [-0.39, 0.29) is 11.5 Å². The predicted molar refractivity (Wildman–Crippen MR) is 76.7 cm³/mol. The van der Waals surface area contributed by atoms with Gasteiger partial charge in [0.25, 0.3) is 0 Å². The lowest BCUT2D eigenvalue weighted by molar-refractivity contribution is -0.117. The molecule has 0 aromatic heterocycles. The van der Waals surface area contributed by atoms with Gasteiger partial charge in [0.2, 0.25) is 5.91 Å². The van der Waals surface area contributed by atoms with Crippen molar-refractivity contribution in [2.45, 2.75) is 19.3 Å². The van der Waals surface area contributed by atoms with Crippen LogP contribution in [0.5, 0.6) is 0 Å². The molecule has 1 aliphatic heterocycles. The van der Waals surface area contributed by atoms with E-state index in [1.807, 2.05) is 11.8 Å². The molecule has 1 amide bonds. The molecule has 1 aromatic rings. The van der Waals surface area contributed by atoms with Crippen molar-refractivity contribution in [2.75, 3.05) is 16.8 Å². The Kier molecular flexibility index (Phi) is 4.85. The molecule has 2 N–H and O–H groups in total. The number of thioether (sulfide) groups is 1. The fourth-order valence-electron chi connectivity index (χ4n) is 2.12. The van der Waals surface area contributed by atoms with Gasteiger partial charge in [-0.3, -0.25) is 4.79 Å². The highest BCUT2D eigenvalue weighted by Crippen LogP contribution is 2.25. The summed E-state index contributed by atoms with van der Waals surface area (Å²) in [4.78, 5) is 22.6. The Labute approximate surface area is 116 Å². The van der Waals surface area contributed by atoms with Crippen molar-refractivity contribution in [2.24, 2.45) is 5.92 Å². The highest BCUT2D eigenvalue weighted by Gasteiger charge is 2.17. The van der Waals surface area contributed by atoms with Crippen LogP contribution in [-0.4, -0.2) is 28.5 Å². The van der Waals surface area contributed by atoms with E-state index in [2.05, 4.69) is 5.32 Å². The maximum Gasteiger partial charge on any atom is 0.335 e. The molecular formula is C14H17NO3S. The van der Waals surface area contributed by atoms with Crippen LogP contribution in [0.3, 0.4) is 0 Å². The molecule has 5 heteroatoms. The smallest absolute Gasteiger partial charge is 0.335 e. The summed E-state index contributed by atoms with van der Waals surface area (Å²) in [6.45, 7) is 0. The highest BCUT2D eigenvalue weighted by atomic mass is 32.2. The average Bonchev–Trinajstić information content (AvgIpc) is 2.40. The van der Waals surface area contributed by atoms with E-state index in [0.29, 0.717) is 18.0 Å². The molecule has 0 spiro atoms. The summed E-state index contributed by atoms with van der Waals surface area (Å²) >= 11 is 1.95. The molecule has 19 heavy (non-hydrogen) atoms. The van der Waals surface area contributed by atoms with Gasteiger partial charge in [0.1, 0.15) is 0 Å². The van der Waals surface area contributed by atoms with E-state index in [4.69, 9.17) is 5.11 Å². The minimum absolute atomic E-state index is 0.0139. The maximum absolute atomic E-state index is 11.9. The molecule has 0 bridgehead atoms. The monoisotopic (exact) mass is 279 g/mol. The Hall–Kier alpha value is -1.49. The maximum atomic E-state index is 11.9. The van der Waals surface area contributed by atoms with E-state index < -0.39 is 5.97 Å². The van der Waals surface area contributed by atoms with E-state index in [9.17, 15) is 9.59 Å². The number of nitrogens with one attached hydrogen (secondary N) is 1. The van der Waals surface area contributed by atoms with Gasteiger partial charge in [0.05, 0.1) is 5.56 Å². The van der Waals surface area contributed by atoms with Crippen molar-refractivity contribution >= 4 is 29.3 Å². The Bertz CT molecular complexity index is 452. The molecule has 0 atom stereocenters. The molecule has 1 fully saturated rings. The standard InChI is InChI=1S/C14H17NO3S/c16-13(9-10-5-7-19-8-6-10)15-12-3-1-11(2-4-12)14(17)18/h1-4,10H,5-9H2,(H,15,16)(H,17,18). The van der Waals surface area contributed by atoms with E-state index in [0.717, 1.165) is 24.3 Å². The van der Waals surface area contributed by atoms with Gasteiger partial charge in [-0.25, -0.2) is 4.79 Å².